The second-order valence-electron chi connectivity index (χ2n) is 4.27. The monoisotopic (exact) mass is 356 g/mol. The molecule has 0 aliphatic carbocycles. The van der Waals surface area contributed by atoms with Gasteiger partial charge in [-0.15, -0.1) is 0 Å². The van der Waals surface area contributed by atoms with Crippen molar-refractivity contribution in [3.63, 3.8) is 0 Å². The lowest BCUT2D eigenvalue weighted by atomic mass is 10.1. The lowest BCUT2D eigenvalue weighted by Gasteiger charge is -2.10. The summed E-state index contributed by atoms with van der Waals surface area (Å²) in [6, 6.07) is 3.42. The van der Waals surface area contributed by atoms with Crippen LogP contribution in [-0.4, -0.2) is 22.2 Å². The van der Waals surface area contributed by atoms with Gasteiger partial charge in [0.1, 0.15) is 5.15 Å². The fourth-order valence-corrected chi connectivity index (χ4v) is 2.50. The molecule has 0 atom stereocenters. The number of benzene rings is 1. The Morgan fingerprint density at radius 1 is 1.35 bits per heavy atom. The first-order chi connectivity index (χ1) is 9.47. The van der Waals surface area contributed by atoms with Crippen molar-refractivity contribution in [2.75, 3.05) is 7.11 Å². The number of aromatic nitrogens is 2. The predicted molar refractivity (Wildman–Crippen MR) is 82.5 cm³/mol. The molecule has 106 valence electrons. The van der Waals surface area contributed by atoms with Crippen LogP contribution in [-0.2, 0) is 6.42 Å². The number of aromatic hydroxyl groups is 1. The zero-order valence-electron chi connectivity index (χ0n) is 11.4. The van der Waals surface area contributed by atoms with Crippen molar-refractivity contribution in [1.82, 2.24) is 9.97 Å². The quantitative estimate of drug-likeness (QED) is 0.839. The zero-order chi connectivity index (χ0) is 14.9. The highest BCUT2D eigenvalue weighted by Crippen LogP contribution is 2.38. The second-order valence-corrected chi connectivity index (χ2v) is 5.48. The van der Waals surface area contributed by atoms with Crippen LogP contribution in [0.4, 0.5) is 0 Å². The first kappa shape index (κ1) is 15.1. The molecular formula is C14H14BrClN2O2. The van der Waals surface area contributed by atoms with Gasteiger partial charge in [0.05, 0.1) is 11.6 Å². The normalized spacial score (nSPS) is 10.7. The number of nitrogens with zero attached hydrogens (tertiary/aromatic N) is 2. The van der Waals surface area contributed by atoms with Crippen molar-refractivity contribution in [3.05, 3.63) is 33.0 Å². The molecule has 0 aliphatic heterocycles. The average Bonchev–Trinajstić information content (AvgIpc) is 2.44. The third kappa shape index (κ3) is 2.74. The van der Waals surface area contributed by atoms with Gasteiger partial charge in [0.2, 0.25) is 0 Å². The predicted octanol–water partition coefficient (Wildman–Crippen LogP) is 4.14. The molecule has 0 saturated carbocycles. The molecule has 0 radical (unpaired) electrons. The number of aryl methyl sites for hydroxylation is 1. The maximum atomic E-state index is 9.83. The largest absolute Gasteiger partial charge is 0.503 e. The fourth-order valence-electron chi connectivity index (χ4n) is 1.86. The van der Waals surface area contributed by atoms with Crippen molar-refractivity contribution in [2.24, 2.45) is 0 Å². The van der Waals surface area contributed by atoms with E-state index in [0.29, 0.717) is 21.2 Å². The molecule has 0 spiro atoms. The standard InChI is InChI=1S/C14H14BrClN2O2/c1-4-10-7(2)13(16)18-14(17-10)8-5-9(15)12(19)11(6-8)20-3/h5-6,19H,4H2,1-3H3. The summed E-state index contributed by atoms with van der Waals surface area (Å²) >= 11 is 9.43. The lowest BCUT2D eigenvalue weighted by Crippen LogP contribution is -2.00. The Morgan fingerprint density at radius 3 is 2.65 bits per heavy atom. The van der Waals surface area contributed by atoms with Crippen LogP contribution in [0.25, 0.3) is 11.4 Å². The molecule has 2 rings (SSSR count). The molecule has 1 heterocycles. The van der Waals surface area contributed by atoms with Crippen LogP contribution in [0.3, 0.4) is 0 Å². The molecule has 0 unspecified atom stereocenters. The van der Waals surface area contributed by atoms with E-state index in [0.717, 1.165) is 23.2 Å². The van der Waals surface area contributed by atoms with Crippen molar-refractivity contribution in [2.45, 2.75) is 20.3 Å². The minimum absolute atomic E-state index is 0.0465. The molecule has 0 amide bonds. The Morgan fingerprint density at radius 2 is 2.05 bits per heavy atom. The molecule has 1 N–H and O–H groups in total. The number of hydrogen-bond donors (Lipinski definition) is 1. The summed E-state index contributed by atoms with van der Waals surface area (Å²) in [6.45, 7) is 3.92. The number of methoxy groups -OCH3 is 1. The smallest absolute Gasteiger partial charge is 0.172 e. The Hall–Kier alpha value is -1.33. The highest BCUT2D eigenvalue weighted by molar-refractivity contribution is 9.10. The minimum atomic E-state index is 0.0465. The van der Waals surface area contributed by atoms with Crippen LogP contribution in [0.5, 0.6) is 11.5 Å². The van der Waals surface area contributed by atoms with Gasteiger partial charge in [0.15, 0.2) is 17.3 Å². The lowest BCUT2D eigenvalue weighted by molar-refractivity contribution is 0.372. The summed E-state index contributed by atoms with van der Waals surface area (Å²) in [4.78, 5) is 8.81. The highest BCUT2D eigenvalue weighted by Gasteiger charge is 2.14. The molecule has 20 heavy (non-hydrogen) atoms. The first-order valence-electron chi connectivity index (χ1n) is 6.07. The van der Waals surface area contributed by atoms with Crippen LogP contribution in [0.15, 0.2) is 16.6 Å². The van der Waals surface area contributed by atoms with Gasteiger partial charge >= 0.3 is 0 Å². The van der Waals surface area contributed by atoms with Crippen LogP contribution >= 0.6 is 27.5 Å². The number of phenolic OH excluding ortho intramolecular Hbond substituents is 1. The minimum Gasteiger partial charge on any atom is -0.503 e. The van der Waals surface area contributed by atoms with Crippen LogP contribution in [0.2, 0.25) is 5.15 Å². The van der Waals surface area contributed by atoms with Gasteiger partial charge in [-0.3, -0.25) is 0 Å². The summed E-state index contributed by atoms with van der Waals surface area (Å²) in [6.07, 6.45) is 0.775. The third-order valence-corrected chi connectivity index (χ3v) is 4.00. The summed E-state index contributed by atoms with van der Waals surface area (Å²) in [5, 5.41) is 10.3. The van der Waals surface area contributed by atoms with Crippen molar-refractivity contribution in [1.29, 1.82) is 0 Å². The van der Waals surface area contributed by atoms with E-state index in [1.165, 1.54) is 7.11 Å². The molecular weight excluding hydrogens is 344 g/mol. The van der Waals surface area contributed by atoms with E-state index < -0.39 is 0 Å². The number of ether oxygens (including phenoxy) is 1. The van der Waals surface area contributed by atoms with Gasteiger partial charge in [-0.1, -0.05) is 18.5 Å². The van der Waals surface area contributed by atoms with Crippen LogP contribution < -0.4 is 4.74 Å². The van der Waals surface area contributed by atoms with Crippen LogP contribution in [0.1, 0.15) is 18.2 Å². The molecule has 0 aliphatic rings. The van der Waals surface area contributed by atoms with E-state index in [2.05, 4.69) is 25.9 Å². The highest BCUT2D eigenvalue weighted by atomic mass is 79.9. The van der Waals surface area contributed by atoms with Gasteiger partial charge in [-0.25, -0.2) is 9.97 Å². The van der Waals surface area contributed by atoms with Crippen LogP contribution in [0, 0.1) is 6.92 Å². The van der Waals surface area contributed by atoms with Gasteiger partial charge in [0, 0.05) is 16.8 Å². The molecule has 1 aromatic heterocycles. The van der Waals surface area contributed by atoms with E-state index in [1.54, 1.807) is 12.1 Å². The molecule has 0 saturated heterocycles. The Kier molecular flexibility index (Phi) is 4.50. The Labute approximate surface area is 130 Å². The van der Waals surface area contributed by atoms with Gasteiger partial charge in [-0.2, -0.15) is 0 Å². The summed E-state index contributed by atoms with van der Waals surface area (Å²) in [7, 11) is 1.49. The van der Waals surface area contributed by atoms with E-state index >= 15 is 0 Å². The van der Waals surface area contributed by atoms with Crippen molar-refractivity contribution < 1.29 is 9.84 Å². The number of rotatable bonds is 3. The summed E-state index contributed by atoms with van der Waals surface area (Å²) in [5.74, 6) is 0.911. The van der Waals surface area contributed by atoms with Gasteiger partial charge < -0.3 is 9.84 Å². The molecule has 1 aromatic carbocycles. The number of hydrogen-bond acceptors (Lipinski definition) is 4. The third-order valence-electron chi connectivity index (χ3n) is 3.03. The number of halogens is 2. The topological polar surface area (TPSA) is 55.2 Å². The maximum Gasteiger partial charge on any atom is 0.172 e. The molecule has 0 bridgehead atoms. The summed E-state index contributed by atoms with van der Waals surface area (Å²) < 4.78 is 5.65. The van der Waals surface area contributed by atoms with E-state index in [1.807, 2.05) is 13.8 Å². The summed E-state index contributed by atoms with van der Waals surface area (Å²) in [5.41, 5.74) is 2.52. The number of phenols is 1. The molecule has 0 fully saturated rings. The van der Waals surface area contributed by atoms with E-state index in [-0.39, 0.29) is 5.75 Å². The maximum absolute atomic E-state index is 9.83. The van der Waals surface area contributed by atoms with Crippen molar-refractivity contribution >= 4 is 27.5 Å². The van der Waals surface area contributed by atoms with E-state index in [4.69, 9.17) is 16.3 Å². The molecule has 6 heteroatoms. The Bertz CT molecular complexity index is 605. The zero-order valence-corrected chi connectivity index (χ0v) is 13.7. The first-order valence-corrected chi connectivity index (χ1v) is 7.24. The molecule has 4 nitrogen and oxygen atoms in total. The van der Waals surface area contributed by atoms with Crippen molar-refractivity contribution in [3.8, 4) is 22.9 Å². The van der Waals surface area contributed by atoms with E-state index in [9.17, 15) is 5.11 Å². The second kappa shape index (κ2) is 5.97. The van der Waals surface area contributed by atoms with Gasteiger partial charge in [0.25, 0.3) is 0 Å². The van der Waals surface area contributed by atoms with Gasteiger partial charge in [-0.05, 0) is 41.4 Å². The SMILES string of the molecule is CCc1nc(-c2cc(Br)c(O)c(OC)c2)nc(Cl)c1C. The Balaban J connectivity index is 2.62. The average molecular weight is 358 g/mol. The molecule has 2 aromatic rings. The fraction of sp³-hybridized carbons (Fsp3) is 0.286.